The van der Waals surface area contributed by atoms with Crippen molar-refractivity contribution in [2.75, 3.05) is 18.4 Å². The van der Waals surface area contributed by atoms with Crippen molar-refractivity contribution in [3.63, 3.8) is 0 Å². The number of aromatic nitrogens is 1. The molecule has 7 heteroatoms. The molecule has 0 aliphatic carbocycles. The van der Waals surface area contributed by atoms with Crippen LogP contribution in [-0.4, -0.2) is 34.8 Å². The summed E-state index contributed by atoms with van der Waals surface area (Å²) in [6, 6.07) is 13.6. The Bertz CT molecular complexity index is 1090. The van der Waals surface area contributed by atoms with Gasteiger partial charge in [0.2, 0.25) is 5.91 Å². The molecule has 1 aliphatic heterocycles. The number of carbonyl (C=O) groups excluding carboxylic acids is 2. The molecule has 0 radical (unpaired) electrons. The number of nitrogens with zero attached hydrogens (tertiary/aromatic N) is 2. The molecule has 4 rings (SSSR count). The van der Waals surface area contributed by atoms with Crippen molar-refractivity contribution in [3.8, 4) is 0 Å². The van der Waals surface area contributed by atoms with Crippen molar-refractivity contribution < 1.29 is 14.0 Å². The number of rotatable bonds is 4. The fourth-order valence-electron chi connectivity index (χ4n) is 3.84. The van der Waals surface area contributed by atoms with Crippen molar-refractivity contribution in [3.05, 3.63) is 71.1 Å². The lowest BCUT2D eigenvalue weighted by Crippen LogP contribution is -2.39. The van der Waals surface area contributed by atoms with E-state index in [2.05, 4.69) is 10.3 Å². The van der Waals surface area contributed by atoms with E-state index in [0.717, 1.165) is 23.7 Å². The third kappa shape index (κ3) is 4.44. The summed E-state index contributed by atoms with van der Waals surface area (Å²) >= 11 is 5.67. The lowest BCUT2D eigenvalue weighted by molar-refractivity contribution is -0.117. The van der Waals surface area contributed by atoms with E-state index in [-0.39, 0.29) is 22.8 Å². The number of hydrogen-bond acceptors (Lipinski definition) is 3. The number of hydrogen-bond donors (Lipinski definition) is 1. The summed E-state index contributed by atoms with van der Waals surface area (Å²) in [6.07, 6.45) is 3.49. The number of anilines is 1. The summed E-state index contributed by atoms with van der Waals surface area (Å²) in [5.74, 6) is -0.555. The number of para-hydroxylation sites is 1. The summed E-state index contributed by atoms with van der Waals surface area (Å²) in [6.45, 7) is 1.20. The van der Waals surface area contributed by atoms with E-state index in [4.69, 9.17) is 11.6 Å². The zero-order chi connectivity index (χ0) is 21.1. The molecule has 2 amide bonds. The second-order valence-corrected chi connectivity index (χ2v) is 7.90. The van der Waals surface area contributed by atoms with Crippen molar-refractivity contribution in [2.24, 2.45) is 5.92 Å². The number of piperidine rings is 1. The van der Waals surface area contributed by atoms with Crippen LogP contribution >= 0.6 is 11.6 Å². The molecule has 3 aromatic rings. The van der Waals surface area contributed by atoms with E-state index >= 15 is 0 Å². The number of likely N-dealkylation sites (tertiary alicyclic amines) is 1. The van der Waals surface area contributed by atoms with Crippen LogP contribution in [0, 0.1) is 11.7 Å². The Labute approximate surface area is 178 Å². The van der Waals surface area contributed by atoms with Crippen LogP contribution in [0.2, 0.25) is 5.02 Å². The minimum Gasteiger partial charge on any atom is -0.339 e. The van der Waals surface area contributed by atoms with Crippen molar-refractivity contribution >= 4 is 40.0 Å². The van der Waals surface area contributed by atoms with Crippen LogP contribution in [-0.2, 0) is 4.79 Å². The minimum absolute atomic E-state index is 0.00635. The van der Waals surface area contributed by atoms with Crippen LogP contribution in [0.25, 0.3) is 10.9 Å². The lowest BCUT2D eigenvalue weighted by Gasteiger charge is -2.32. The second-order valence-electron chi connectivity index (χ2n) is 7.49. The first-order valence-electron chi connectivity index (χ1n) is 9.89. The van der Waals surface area contributed by atoms with Gasteiger partial charge in [-0.2, -0.15) is 0 Å². The average Bonchev–Trinajstić information content (AvgIpc) is 2.76. The third-order valence-corrected chi connectivity index (χ3v) is 5.77. The molecule has 0 spiro atoms. The second kappa shape index (κ2) is 8.79. The first-order valence-corrected chi connectivity index (χ1v) is 10.3. The molecule has 0 atom stereocenters. The zero-order valence-electron chi connectivity index (χ0n) is 16.3. The molecule has 1 saturated heterocycles. The van der Waals surface area contributed by atoms with Gasteiger partial charge < -0.3 is 10.2 Å². The zero-order valence-corrected chi connectivity index (χ0v) is 17.0. The molecule has 2 aromatic carbocycles. The van der Waals surface area contributed by atoms with Crippen LogP contribution < -0.4 is 5.32 Å². The van der Waals surface area contributed by atoms with Crippen molar-refractivity contribution in [1.82, 2.24) is 9.88 Å². The van der Waals surface area contributed by atoms with Gasteiger partial charge in [0.05, 0.1) is 16.1 Å². The number of nitrogens with one attached hydrogen (secondary N) is 1. The highest BCUT2D eigenvalue weighted by Gasteiger charge is 2.26. The minimum atomic E-state index is -0.565. The van der Waals surface area contributed by atoms with Gasteiger partial charge in [0, 0.05) is 36.8 Å². The average molecular weight is 426 g/mol. The summed E-state index contributed by atoms with van der Waals surface area (Å²) < 4.78 is 13.5. The molecule has 154 valence electrons. The Morgan fingerprint density at radius 1 is 1.13 bits per heavy atom. The van der Waals surface area contributed by atoms with Gasteiger partial charge in [-0.15, -0.1) is 0 Å². The number of benzene rings is 2. The molecule has 0 bridgehead atoms. The molecule has 5 nitrogen and oxygen atoms in total. The summed E-state index contributed by atoms with van der Waals surface area (Å²) in [4.78, 5) is 31.5. The number of amides is 2. The van der Waals surface area contributed by atoms with E-state index < -0.39 is 5.82 Å². The smallest absolute Gasteiger partial charge is 0.254 e. The molecule has 30 heavy (non-hydrogen) atoms. The third-order valence-electron chi connectivity index (χ3n) is 5.46. The van der Waals surface area contributed by atoms with Gasteiger partial charge in [-0.3, -0.25) is 14.6 Å². The fourth-order valence-corrected chi connectivity index (χ4v) is 3.96. The standard InChI is InChI=1S/C23H21ClFN3O2/c24-19-6-5-16(14-20(19)25)27-22(29)13-15-8-11-28(12-9-15)23(30)18-7-10-26-21-4-2-1-3-17(18)21/h1-7,10,14-15H,8-9,11-13H2,(H,27,29). The van der Waals surface area contributed by atoms with Crippen LogP contribution in [0.3, 0.4) is 0 Å². The number of halogens is 2. The largest absolute Gasteiger partial charge is 0.339 e. The van der Waals surface area contributed by atoms with Gasteiger partial charge in [0.25, 0.3) is 5.91 Å². The van der Waals surface area contributed by atoms with E-state index in [0.29, 0.717) is 30.8 Å². The van der Waals surface area contributed by atoms with Crippen LogP contribution in [0.5, 0.6) is 0 Å². The topological polar surface area (TPSA) is 62.3 Å². The van der Waals surface area contributed by atoms with Gasteiger partial charge in [-0.05, 0) is 49.1 Å². The molecule has 0 saturated carbocycles. The molecule has 1 aliphatic rings. The highest BCUT2D eigenvalue weighted by molar-refractivity contribution is 6.30. The Morgan fingerprint density at radius 2 is 1.90 bits per heavy atom. The molecule has 2 heterocycles. The first kappa shape index (κ1) is 20.3. The van der Waals surface area contributed by atoms with Gasteiger partial charge in [-0.25, -0.2) is 4.39 Å². The Kier molecular flexibility index (Phi) is 5.95. The predicted molar refractivity (Wildman–Crippen MR) is 115 cm³/mol. The van der Waals surface area contributed by atoms with E-state index in [1.807, 2.05) is 29.2 Å². The fraction of sp³-hybridized carbons (Fsp3) is 0.261. The predicted octanol–water partition coefficient (Wildman–Crippen LogP) is 4.91. The highest BCUT2D eigenvalue weighted by atomic mass is 35.5. The lowest BCUT2D eigenvalue weighted by atomic mass is 9.92. The van der Waals surface area contributed by atoms with Gasteiger partial charge in [0.1, 0.15) is 5.82 Å². The molecule has 1 fully saturated rings. The van der Waals surface area contributed by atoms with Gasteiger partial charge in [-0.1, -0.05) is 29.8 Å². The SMILES string of the molecule is O=C(CC1CCN(C(=O)c2ccnc3ccccc23)CC1)Nc1ccc(Cl)c(F)c1. The van der Waals surface area contributed by atoms with E-state index in [1.165, 1.54) is 12.1 Å². The van der Waals surface area contributed by atoms with Crippen molar-refractivity contribution in [2.45, 2.75) is 19.3 Å². The Hall–Kier alpha value is -2.99. The van der Waals surface area contributed by atoms with Crippen LogP contribution in [0.1, 0.15) is 29.6 Å². The molecule has 1 N–H and O–H groups in total. The van der Waals surface area contributed by atoms with E-state index in [1.54, 1.807) is 18.3 Å². The van der Waals surface area contributed by atoms with Crippen LogP contribution in [0.15, 0.2) is 54.7 Å². The quantitative estimate of drug-likeness (QED) is 0.646. The van der Waals surface area contributed by atoms with Gasteiger partial charge >= 0.3 is 0 Å². The Balaban J connectivity index is 1.33. The summed E-state index contributed by atoms with van der Waals surface area (Å²) in [7, 11) is 0. The summed E-state index contributed by atoms with van der Waals surface area (Å²) in [5.41, 5.74) is 1.84. The molecule has 0 unspecified atom stereocenters. The monoisotopic (exact) mass is 425 g/mol. The Morgan fingerprint density at radius 3 is 2.67 bits per heavy atom. The van der Waals surface area contributed by atoms with E-state index in [9.17, 15) is 14.0 Å². The maximum absolute atomic E-state index is 13.5. The number of fused-ring (bicyclic) bond motifs is 1. The van der Waals surface area contributed by atoms with Crippen LogP contribution in [0.4, 0.5) is 10.1 Å². The number of carbonyl (C=O) groups is 2. The molecule has 1 aromatic heterocycles. The number of pyridine rings is 1. The molecular formula is C23H21ClFN3O2. The maximum Gasteiger partial charge on any atom is 0.254 e. The first-order chi connectivity index (χ1) is 14.5. The molecular weight excluding hydrogens is 405 g/mol. The highest BCUT2D eigenvalue weighted by Crippen LogP contribution is 2.25. The van der Waals surface area contributed by atoms with Gasteiger partial charge in [0.15, 0.2) is 0 Å². The van der Waals surface area contributed by atoms with Crippen molar-refractivity contribution in [1.29, 1.82) is 0 Å². The maximum atomic E-state index is 13.5. The summed E-state index contributed by atoms with van der Waals surface area (Å²) in [5, 5.41) is 3.58. The normalized spacial score (nSPS) is 14.7.